The second-order valence-electron chi connectivity index (χ2n) is 4.57. The maximum atomic E-state index is 11.9. The highest BCUT2D eigenvalue weighted by atomic mass is 32.2. The van der Waals surface area contributed by atoms with Crippen molar-refractivity contribution in [2.24, 2.45) is 5.92 Å². The molecule has 0 saturated carbocycles. The van der Waals surface area contributed by atoms with E-state index in [9.17, 15) is 9.90 Å². The second kappa shape index (κ2) is 5.76. The SMILES string of the molecule is CC[C@H]1SC(O)[C@H](OC(=O)c2ccccc2)[C@@H]1C. The van der Waals surface area contributed by atoms with Crippen molar-refractivity contribution < 1.29 is 14.6 Å². The van der Waals surface area contributed by atoms with Crippen molar-refractivity contribution in [2.45, 2.75) is 37.1 Å². The summed E-state index contributed by atoms with van der Waals surface area (Å²) in [5.41, 5.74) is -0.0838. The smallest absolute Gasteiger partial charge is 0.338 e. The Hall–Kier alpha value is -1.00. The normalized spacial score (nSPS) is 31.3. The van der Waals surface area contributed by atoms with Gasteiger partial charge in [0, 0.05) is 11.2 Å². The molecule has 3 nitrogen and oxygen atoms in total. The van der Waals surface area contributed by atoms with E-state index in [0.717, 1.165) is 6.42 Å². The zero-order valence-corrected chi connectivity index (χ0v) is 11.4. The molecule has 1 unspecified atom stereocenters. The average molecular weight is 266 g/mol. The number of esters is 1. The fourth-order valence-electron chi connectivity index (χ4n) is 2.25. The highest BCUT2D eigenvalue weighted by Gasteiger charge is 2.42. The van der Waals surface area contributed by atoms with Gasteiger partial charge in [-0.25, -0.2) is 4.79 Å². The number of carbonyl (C=O) groups is 1. The van der Waals surface area contributed by atoms with Gasteiger partial charge in [0.05, 0.1) is 5.56 Å². The number of hydrogen-bond donors (Lipinski definition) is 1. The Morgan fingerprint density at radius 2 is 2.06 bits per heavy atom. The van der Waals surface area contributed by atoms with Gasteiger partial charge >= 0.3 is 5.97 Å². The van der Waals surface area contributed by atoms with Gasteiger partial charge in [-0.1, -0.05) is 32.0 Å². The van der Waals surface area contributed by atoms with Crippen molar-refractivity contribution >= 4 is 17.7 Å². The van der Waals surface area contributed by atoms with E-state index in [1.165, 1.54) is 11.8 Å². The molecule has 0 spiro atoms. The van der Waals surface area contributed by atoms with Crippen LogP contribution in [0.1, 0.15) is 30.6 Å². The summed E-state index contributed by atoms with van der Waals surface area (Å²) < 4.78 is 5.44. The molecule has 1 aliphatic rings. The Morgan fingerprint density at radius 3 is 2.61 bits per heavy atom. The largest absolute Gasteiger partial charge is 0.455 e. The molecule has 0 aliphatic carbocycles. The minimum Gasteiger partial charge on any atom is -0.455 e. The summed E-state index contributed by atoms with van der Waals surface area (Å²) in [6.45, 7) is 4.11. The predicted octanol–water partition coefficient (Wildman–Crippen LogP) is 2.69. The van der Waals surface area contributed by atoms with Crippen LogP contribution in [0.25, 0.3) is 0 Å². The van der Waals surface area contributed by atoms with Crippen molar-refractivity contribution in [3.8, 4) is 0 Å². The number of thioether (sulfide) groups is 1. The summed E-state index contributed by atoms with van der Waals surface area (Å²) >= 11 is 1.50. The molecule has 0 bridgehead atoms. The van der Waals surface area contributed by atoms with Gasteiger partial charge in [-0.3, -0.25) is 0 Å². The Morgan fingerprint density at radius 1 is 1.39 bits per heavy atom. The number of benzene rings is 1. The van der Waals surface area contributed by atoms with Crippen LogP contribution >= 0.6 is 11.8 Å². The van der Waals surface area contributed by atoms with E-state index in [-0.39, 0.29) is 11.9 Å². The van der Waals surface area contributed by atoms with E-state index in [0.29, 0.717) is 10.8 Å². The first-order valence-electron chi connectivity index (χ1n) is 6.23. The minimum atomic E-state index is -0.613. The second-order valence-corrected chi connectivity index (χ2v) is 5.93. The molecular weight excluding hydrogens is 248 g/mol. The fourth-order valence-corrected chi connectivity index (χ4v) is 3.66. The summed E-state index contributed by atoms with van der Waals surface area (Å²) in [4.78, 5) is 11.9. The number of carbonyl (C=O) groups excluding carboxylic acids is 1. The lowest BCUT2D eigenvalue weighted by Crippen LogP contribution is -2.31. The molecule has 1 aromatic carbocycles. The van der Waals surface area contributed by atoms with E-state index in [1.54, 1.807) is 24.3 Å². The highest BCUT2D eigenvalue weighted by Crippen LogP contribution is 2.40. The van der Waals surface area contributed by atoms with Gasteiger partial charge in [-0.2, -0.15) is 0 Å². The van der Waals surface area contributed by atoms with Crippen LogP contribution in [0.5, 0.6) is 0 Å². The van der Waals surface area contributed by atoms with Crippen LogP contribution in [0.3, 0.4) is 0 Å². The Bertz CT molecular complexity index is 407. The topological polar surface area (TPSA) is 46.5 Å². The quantitative estimate of drug-likeness (QED) is 0.854. The Kier molecular flexibility index (Phi) is 4.30. The van der Waals surface area contributed by atoms with Gasteiger partial charge in [-0.15, -0.1) is 11.8 Å². The molecule has 1 fully saturated rings. The summed E-state index contributed by atoms with van der Waals surface area (Å²) in [5.74, 6) is -0.175. The third kappa shape index (κ3) is 2.70. The van der Waals surface area contributed by atoms with E-state index >= 15 is 0 Å². The van der Waals surface area contributed by atoms with Crippen LogP contribution in [0.4, 0.5) is 0 Å². The van der Waals surface area contributed by atoms with E-state index in [1.807, 2.05) is 13.0 Å². The van der Waals surface area contributed by atoms with E-state index < -0.39 is 11.5 Å². The zero-order chi connectivity index (χ0) is 13.1. The average Bonchev–Trinajstić information content (AvgIpc) is 2.67. The summed E-state index contributed by atoms with van der Waals surface area (Å²) in [6, 6.07) is 8.90. The summed E-state index contributed by atoms with van der Waals surface area (Å²) in [7, 11) is 0. The molecule has 98 valence electrons. The van der Waals surface area contributed by atoms with E-state index in [2.05, 4.69) is 6.92 Å². The van der Waals surface area contributed by atoms with Crippen molar-refractivity contribution in [1.82, 2.24) is 0 Å². The molecule has 1 N–H and O–H groups in total. The van der Waals surface area contributed by atoms with Gasteiger partial charge in [-0.05, 0) is 18.6 Å². The van der Waals surface area contributed by atoms with Crippen LogP contribution in [-0.2, 0) is 4.74 Å². The van der Waals surface area contributed by atoms with Gasteiger partial charge < -0.3 is 9.84 Å². The molecule has 4 atom stereocenters. The molecule has 1 aromatic rings. The number of aliphatic hydroxyl groups is 1. The maximum absolute atomic E-state index is 11.9. The molecule has 1 saturated heterocycles. The summed E-state index contributed by atoms with van der Waals surface area (Å²) in [5, 5.41) is 10.3. The van der Waals surface area contributed by atoms with Crippen LogP contribution in [0.2, 0.25) is 0 Å². The lowest BCUT2D eigenvalue weighted by atomic mass is 9.99. The van der Waals surface area contributed by atoms with Crippen LogP contribution in [-0.4, -0.2) is 27.9 Å². The molecule has 0 radical (unpaired) electrons. The minimum absolute atomic E-state index is 0.183. The van der Waals surface area contributed by atoms with Crippen molar-refractivity contribution in [3.05, 3.63) is 35.9 Å². The van der Waals surface area contributed by atoms with Gasteiger partial charge in [0.2, 0.25) is 0 Å². The number of aliphatic hydroxyl groups excluding tert-OH is 1. The van der Waals surface area contributed by atoms with Crippen LogP contribution in [0.15, 0.2) is 30.3 Å². The molecule has 2 rings (SSSR count). The number of rotatable bonds is 3. The molecular formula is C14H18O3S. The van der Waals surface area contributed by atoms with Crippen molar-refractivity contribution in [2.75, 3.05) is 0 Å². The summed E-state index contributed by atoms with van der Waals surface area (Å²) in [6.07, 6.45) is 0.565. The Balaban J connectivity index is 2.04. The monoisotopic (exact) mass is 266 g/mol. The third-order valence-corrected chi connectivity index (χ3v) is 5.01. The number of hydrogen-bond acceptors (Lipinski definition) is 4. The highest BCUT2D eigenvalue weighted by molar-refractivity contribution is 8.00. The number of ether oxygens (including phenoxy) is 1. The third-order valence-electron chi connectivity index (χ3n) is 3.35. The molecule has 4 heteroatoms. The van der Waals surface area contributed by atoms with Crippen molar-refractivity contribution in [1.29, 1.82) is 0 Å². The Labute approximate surface area is 112 Å². The van der Waals surface area contributed by atoms with E-state index in [4.69, 9.17) is 4.74 Å². The fraction of sp³-hybridized carbons (Fsp3) is 0.500. The molecule has 0 amide bonds. The predicted molar refractivity (Wildman–Crippen MR) is 72.5 cm³/mol. The standard InChI is InChI=1S/C14H18O3S/c1-3-11-9(2)12(14(16)18-11)17-13(15)10-7-5-4-6-8-10/h4-9,11-12,14,16H,3H2,1-2H3/t9-,11-,12-,14?/m1/s1. The lowest BCUT2D eigenvalue weighted by molar-refractivity contribution is -0.00690. The first kappa shape index (κ1) is 13.4. The molecule has 1 aliphatic heterocycles. The molecule has 18 heavy (non-hydrogen) atoms. The van der Waals surface area contributed by atoms with Crippen LogP contribution in [0, 0.1) is 5.92 Å². The van der Waals surface area contributed by atoms with Crippen molar-refractivity contribution in [3.63, 3.8) is 0 Å². The van der Waals surface area contributed by atoms with Crippen LogP contribution < -0.4 is 0 Å². The zero-order valence-electron chi connectivity index (χ0n) is 10.6. The molecule has 1 heterocycles. The van der Waals surface area contributed by atoms with Gasteiger partial charge in [0.15, 0.2) is 0 Å². The maximum Gasteiger partial charge on any atom is 0.338 e. The molecule has 0 aromatic heterocycles. The lowest BCUT2D eigenvalue weighted by Gasteiger charge is -2.20. The van der Waals surface area contributed by atoms with Gasteiger partial charge in [0.1, 0.15) is 11.5 Å². The van der Waals surface area contributed by atoms with Gasteiger partial charge in [0.25, 0.3) is 0 Å². The first-order chi connectivity index (χ1) is 8.63. The first-order valence-corrected chi connectivity index (χ1v) is 7.17.